The second-order valence-corrected chi connectivity index (χ2v) is 22.8. The molecule has 1 amide bonds. The van der Waals surface area contributed by atoms with Crippen molar-refractivity contribution < 1.29 is 14.7 Å². The molecule has 416 valence electrons. The van der Waals surface area contributed by atoms with Crippen molar-refractivity contribution in [3.8, 4) is 0 Å². The van der Waals surface area contributed by atoms with Gasteiger partial charge in [0, 0.05) is 19.3 Å². The monoisotopic (exact) mass is 984 g/mol. The predicted molar refractivity (Wildman–Crippen MR) is 312 cm³/mol. The van der Waals surface area contributed by atoms with E-state index in [2.05, 4.69) is 31.3 Å². The Morgan fingerprint density at radius 2 is 0.543 bits per heavy atom. The van der Waals surface area contributed by atoms with E-state index in [0.717, 1.165) is 51.4 Å². The molecule has 0 bridgehead atoms. The molecule has 1 atom stereocenters. The van der Waals surface area contributed by atoms with Gasteiger partial charge in [-0.2, -0.15) is 0 Å². The molecule has 70 heavy (non-hydrogen) atoms. The maximum atomic E-state index is 12.4. The Balaban J connectivity index is 3.28. The predicted octanol–water partition coefficient (Wildman–Crippen LogP) is 22.3. The van der Waals surface area contributed by atoms with Crippen LogP contribution in [-0.2, 0) is 9.59 Å². The fraction of sp³-hybridized carbons (Fsp3) is 0.939. The Bertz CT molecular complexity index is 1020. The Morgan fingerprint density at radius 1 is 0.314 bits per heavy atom. The lowest BCUT2D eigenvalue weighted by Gasteiger charge is -2.16. The zero-order chi connectivity index (χ0) is 50.6. The average molecular weight is 985 g/mol. The van der Waals surface area contributed by atoms with Crippen molar-refractivity contribution >= 4 is 11.7 Å². The van der Waals surface area contributed by atoms with Gasteiger partial charge in [-0.1, -0.05) is 328 Å². The van der Waals surface area contributed by atoms with Crippen LogP contribution in [0.5, 0.6) is 0 Å². The van der Waals surface area contributed by atoms with Crippen LogP contribution in [-0.4, -0.2) is 29.4 Å². The molecule has 0 aliphatic carbocycles. The minimum atomic E-state index is -0.0593. The summed E-state index contributed by atoms with van der Waals surface area (Å²) in [6.45, 7) is 4.64. The number of hydrogen-bond donors (Lipinski definition) is 2. The molecule has 4 nitrogen and oxygen atoms in total. The average Bonchev–Trinajstić information content (AvgIpc) is 3.36. The number of allylic oxidation sites excluding steroid dienone is 2. The number of nitrogens with one attached hydrogen (secondary N) is 1. The van der Waals surface area contributed by atoms with Crippen molar-refractivity contribution in [2.75, 3.05) is 6.61 Å². The van der Waals surface area contributed by atoms with Crippen LogP contribution in [0.25, 0.3) is 0 Å². The highest BCUT2D eigenvalue weighted by atomic mass is 16.3. The first-order valence-corrected chi connectivity index (χ1v) is 32.7. The van der Waals surface area contributed by atoms with E-state index >= 15 is 0 Å². The number of carbonyl (C=O) groups excluding carboxylic acids is 2. The van der Waals surface area contributed by atoms with E-state index < -0.39 is 0 Å². The van der Waals surface area contributed by atoms with Gasteiger partial charge >= 0.3 is 0 Å². The SMILES string of the molecule is CCCCCCCC/C=C\CCCCCCCC(=O)CCCCCCCCCCCCCCCCCCCCCCCCCCCCCC(=O)NC(CO)CCCCCCCCCCCCCCCC. The standard InChI is InChI=1S/C66H129NO3/c1-3-5-7-9-11-13-15-17-32-36-40-44-48-52-56-60-65(69)61-57-53-49-45-41-37-33-30-28-26-24-22-20-19-21-23-25-27-29-31-34-38-42-46-50-54-58-62-66(70)67-64(63-68)59-55-51-47-43-39-35-18-16-14-12-10-8-6-4-2/h17,32,64,68H,3-16,18-31,33-63H2,1-2H3,(H,67,70)/b32-17-. The summed E-state index contributed by atoms with van der Waals surface area (Å²) < 4.78 is 0. The number of hydrogen-bond acceptors (Lipinski definition) is 3. The minimum absolute atomic E-state index is 0.0593. The lowest BCUT2D eigenvalue weighted by molar-refractivity contribution is -0.122. The van der Waals surface area contributed by atoms with Crippen molar-refractivity contribution in [3.63, 3.8) is 0 Å². The zero-order valence-corrected chi connectivity index (χ0v) is 48.2. The van der Waals surface area contributed by atoms with Crippen LogP contribution in [0.15, 0.2) is 12.2 Å². The molecular weight excluding hydrogens is 855 g/mol. The Hall–Kier alpha value is -1.16. The first-order valence-electron chi connectivity index (χ1n) is 32.7. The molecular formula is C66H129NO3. The number of carbonyl (C=O) groups is 2. The number of aliphatic hydroxyl groups excluding tert-OH is 1. The van der Waals surface area contributed by atoms with Crippen LogP contribution in [0, 0.1) is 0 Å². The summed E-state index contributed by atoms with van der Waals surface area (Å²) in [7, 11) is 0. The van der Waals surface area contributed by atoms with Crippen LogP contribution in [0.2, 0.25) is 0 Å². The second-order valence-electron chi connectivity index (χ2n) is 22.8. The number of ketones is 1. The second kappa shape index (κ2) is 62.1. The van der Waals surface area contributed by atoms with E-state index in [1.165, 1.54) is 315 Å². The quantitative estimate of drug-likeness (QED) is 0.0471. The summed E-state index contributed by atoms with van der Waals surface area (Å²) >= 11 is 0. The molecule has 0 aromatic carbocycles. The van der Waals surface area contributed by atoms with Crippen molar-refractivity contribution in [3.05, 3.63) is 12.2 Å². The third kappa shape index (κ3) is 59.4. The highest BCUT2D eigenvalue weighted by Gasteiger charge is 2.11. The molecule has 0 aromatic heterocycles. The van der Waals surface area contributed by atoms with Crippen LogP contribution in [0.4, 0.5) is 0 Å². The lowest BCUT2D eigenvalue weighted by atomic mass is 10.0. The third-order valence-corrected chi connectivity index (χ3v) is 15.6. The fourth-order valence-electron chi connectivity index (χ4n) is 10.6. The minimum Gasteiger partial charge on any atom is -0.394 e. The van der Waals surface area contributed by atoms with Gasteiger partial charge in [-0.15, -0.1) is 0 Å². The molecule has 0 radical (unpaired) electrons. The zero-order valence-electron chi connectivity index (χ0n) is 48.2. The topological polar surface area (TPSA) is 66.4 Å². The molecule has 0 aromatic rings. The molecule has 0 fully saturated rings. The highest BCUT2D eigenvalue weighted by molar-refractivity contribution is 5.78. The molecule has 2 N–H and O–H groups in total. The van der Waals surface area contributed by atoms with Gasteiger partial charge in [0.2, 0.25) is 5.91 Å². The molecule has 0 heterocycles. The van der Waals surface area contributed by atoms with Crippen molar-refractivity contribution in [1.29, 1.82) is 0 Å². The Labute approximate surface area is 440 Å². The van der Waals surface area contributed by atoms with Crippen molar-refractivity contribution in [2.24, 2.45) is 0 Å². The van der Waals surface area contributed by atoms with Gasteiger partial charge < -0.3 is 10.4 Å². The fourth-order valence-corrected chi connectivity index (χ4v) is 10.6. The maximum absolute atomic E-state index is 12.4. The number of aliphatic hydroxyl groups is 1. The summed E-state index contributed by atoms with van der Waals surface area (Å²) in [5, 5.41) is 12.9. The van der Waals surface area contributed by atoms with Crippen molar-refractivity contribution in [2.45, 2.75) is 392 Å². The molecule has 1 unspecified atom stereocenters. The summed E-state index contributed by atoms with van der Waals surface area (Å²) in [6, 6.07) is -0.0593. The van der Waals surface area contributed by atoms with E-state index in [1.54, 1.807) is 0 Å². The van der Waals surface area contributed by atoms with Gasteiger partial charge in [-0.3, -0.25) is 9.59 Å². The first kappa shape index (κ1) is 68.8. The largest absolute Gasteiger partial charge is 0.394 e. The van der Waals surface area contributed by atoms with Crippen LogP contribution in [0.1, 0.15) is 386 Å². The lowest BCUT2D eigenvalue weighted by Crippen LogP contribution is -2.37. The smallest absolute Gasteiger partial charge is 0.220 e. The summed E-state index contributed by atoms with van der Waals surface area (Å²) in [6.07, 6.45) is 80.8. The van der Waals surface area contributed by atoms with Gasteiger partial charge in [-0.25, -0.2) is 0 Å². The number of Topliss-reactive ketones (excluding diaryl/α,β-unsaturated/α-hetero) is 1. The van der Waals surface area contributed by atoms with Gasteiger partial charge in [0.15, 0.2) is 0 Å². The summed E-state index contributed by atoms with van der Waals surface area (Å²) in [5.74, 6) is 0.648. The van der Waals surface area contributed by atoms with Gasteiger partial charge in [0.25, 0.3) is 0 Å². The molecule has 0 aliphatic rings. The van der Waals surface area contributed by atoms with Gasteiger partial charge in [-0.05, 0) is 51.4 Å². The number of unbranched alkanes of at least 4 members (excludes halogenated alkanes) is 50. The van der Waals surface area contributed by atoms with Gasteiger partial charge in [0.05, 0.1) is 12.6 Å². The van der Waals surface area contributed by atoms with Gasteiger partial charge in [0.1, 0.15) is 5.78 Å². The van der Waals surface area contributed by atoms with E-state index in [4.69, 9.17) is 0 Å². The molecule has 0 saturated heterocycles. The number of amides is 1. The Kier molecular flexibility index (Phi) is 61.1. The van der Waals surface area contributed by atoms with E-state index in [0.29, 0.717) is 12.2 Å². The summed E-state index contributed by atoms with van der Waals surface area (Å²) in [5.41, 5.74) is 0. The van der Waals surface area contributed by atoms with Crippen molar-refractivity contribution in [1.82, 2.24) is 5.32 Å². The maximum Gasteiger partial charge on any atom is 0.220 e. The van der Waals surface area contributed by atoms with Crippen LogP contribution in [0.3, 0.4) is 0 Å². The van der Waals surface area contributed by atoms with Crippen LogP contribution >= 0.6 is 0 Å². The van der Waals surface area contributed by atoms with E-state index in [-0.39, 0.29) is 18.6 Å². The van der Waals surface area contributed by atoms with E-state index in [1.807, 2.05) is 0 Å². The molecule has 4 heteroatoms. The van der Waals surface area contributed by atoms with E-state index in [9.17, 15) is 14.7 Å². The third-order valence-electron chi connectivity index (χ3n) is 15.6. The Morgan fingerprint density at radius 3 is 0.814 bits per heavy atom. The molecule has 0 saturated carbocycles. The molecule has 0 spiro atoms. The molecule has 0 rings (SSSR count). The van der Waals surface area contributed by atoms with Crippen LogP contribution < -0.4 is 5.32 Å². The molecule has 0 aliphatic heterocycles. The highest BCUT2D eigenvalue weighted by Crippen LogP contribution is 2.19. The first-order chi connectivity index (χ1) is 34.6. The summed E-state index contributed by atoms with van der Waals surface area (Å²) in [4.78, 5) is 24.7. The normalized spacial score (nSPS) is 12.2. The number of rotatable bonds is 62.